The van der Waals surface area contributed by atoms with E-state index in [1.165, 1.54) is 6.33 Å². The van der Waals surface area contributed by atoms with Crippen LogP contribution in [0.4, 0.5) is 5.95 Å². The molecule has 0 unspecified atom stereocenters. The fourth-order valence-electron chi connectivity index (χ4n) is 3.01. The maximum atomic E-state index is 12.2. The van der Waals surface area contributed by atoms with Crippen molar-refractivity contribution < 1.29 is 14.9 Å². The zero-order valence-corrected chi connectivity index (χ0v) is 13.8. The van der Waals surface area contributed by atoms with Gasteiger partial charge in [0.2, 0.25) is 5.95 Å². The number of aliphatic hydroxyl groups is 2. The molecule has 0 amide bonds. The number of hydrogen-bond donors (Lipinski definition) is 5. The number of hydrogen-bond acceptors (Lipinski definition) is 8. The van der Waals surface area contributed by atoms with Crippen LogP contribution in [-0.4, -0.2) is 65.1 Å². The number of anilines is 1. The van der Waals surface area contributed by atoms with Crippen molar-refractivity contribution in [2.75, 3.05) is 18.5 Å². The Morgan fingerprint density at radius 2 is 2.31 bits per heavy atom. The molecule has 11 heteroatoms. The summed E-state index contributed by atoms with van der Waals surface area (Å²) in [6, 6.07) is 0. The van der Waals surface area contributed by atoms with Crippen molar-refractivity contribution >= 4 is 17.1 Å². The van der Waals surface area contributed by atoms with Crippen LogP contribution in [-0.2, 0) is 11.2 Å². The van der Waals surface area contributed by atoms with Crippen molar-refractivity contribution in [2.24, 2.45) is 0 Å². The summed E-state index contributed by atoms with van der Waals surface area (Å²) in [5.41, 5.74) is 1.07. The van der Waals surface area contributed by atoms with Gasteiger partial charge in [-0.15, -0.1) is 0 Å². The monoisotopic (exact) mass is 361 g/mol. The summed E-state index contributed by atoms with van der Waals surface area (Å²) in [4.78, 5) is 30.4. The minimum Gasteiger partial charge on any atom is -0.394 e. The van der Waals surface area contributed by atoms with Crippen molar-refractivity contribution in [3.05, 3.63) is 34.9 Å². The molecule has 0 aliphatic carbocycles. The predicted molar refractivity (Wildman–Crippen MR) is 90.5 cm³/mol. The molecule has 3 aromatic rings. The summed E-state index contributed by atoms with van der Waals surface area (Å²) in [7, 11) is 0. The normalized spacial score (nSPS) is 22.9. The van der Waals surface area contributed by atoms with Crippen LogP contribution in [0.5, 0.6) is 0 Å². The number of aromatic nitrogens is 6. The average Bonchev–Trinajstić information content (AvgIpc) is 3.34. The molecule has 0 radical (unpaired) electrons. The Hall–Kier alpha value is -2.76. The van der Waals surface area contributed by atoms with Crippen molar-refractivity contribution in [3.8, 4) is 0 Å². The van der Waals surface area contributed by atoms with E-state index in [0.29, 0.717) is 24.6 Å². The van der Waals surface area contributed by atoms with Crippen LogP contribution in [0.3, 0.4) is 0 Å². The molecule has 138 valence electrons. The van der Waals surface area contributed by atoms with Gasteiger partial charge in [0.1, 0.15) is 12.3 Å². The maximum Gasteiger partial charge on any atom is 0.280 e. The lowest BCUT2D eigenvalue weighted by Gasteiger charge is -2.14. The van der Waals surface area contributed by atoms with E-state index in [1.54, 1.807) is 17.1 Å². The topological polar surface area (TPSA) is 154 Å². The molecular formula is C15H19N7O4. The van der Waals surface area contributed by atoms with Gasteiger partial charge in [0.05, 0.1) is 31.1 Å². The van der Waals surface area contributed by atoms with Crippen LogP contribution in [0, 0.1) is 0 Å². The zero-order chi connectivity index (χ0) is 18.1. The third-order valence-electron chi connectivity index (χ3n) is 4.36. The van der Waals surface area contributed by atoms with E-state index in [1.807, 2.05) is 0 Å². The van der Waals surface area contributed by atoms with Gasteiger partial charge in [-0.2, -0.15) is 4.98 Å². The second kappa shape index (κ2) is 6.86. The third-order valence-corrected chi connectivity index (χ3v) is 4.36. The molecular weight excluding hydrogens is 342 g/mol. The first-order chi connectivity index (χ1) is 12.7. The van der Waals surface area contributed by atoms with Crippen molar-refractivity contribution in [1.29, 1.82) is 0 Å². The van der Waals surface area contributed by atoms with Gasteiger partial charge in [0.15, 0.2) is 11.2 Å². The summed E-state index contributed by atoms with van der Waals surface area (Å²) in [6.45, 7) is 0.261. The number of nitrogens with zero attached hydrogens (tertiary/aromatic N) is 4. The number of rotatable bonds is 6. The Morgan fingerprint density at radius 1 is 1.42 bits per heavy atom. The number of ether oxygens (including phenoxy) is 1. The van der Waals surface area contributed by atoms with Gasteiger partial charge < -0.3 is 25.3 Å². The second-order valence-corrected chi connectivity index (χ2v) is 6.09. The van der Waals surface area contributed by atoms with Crippen molar-refractivity contribution in [2.45, 2.75) is 31.3 Å². The molecule has 4 heterocycles. The third kappa shape index (κ3) is 3.07. The highest BCUT2D eigenvalue weighted by Gasteiger charge is 2.35. The number of nitrogens with one attached hydrogen (secondary N) is 3. The van der Waals surface area contributed by atoms with Crippen LogP contribution in [0.15, 0.2) is 23.6 Å². The van der Waals surface area contributed by atoms with Crippen molar-refractivity contribution in [3.63, 3.8) is 0 Å². The molecule has 4 rings (SSSR count). The van der Waals surface area contributed by atoms with Crippen molar-refractivity contribution in [1.82, 2.24) is 29.5 Å². The number of fused-ring (bicyclic) bond motifs is 1. The van der Waals surface area contributed by atoms with E-state index < -0.39 is 18.4 Å². The van der Waals surface area contributed by atoms with Gasteiger partial charge in [0.25, 0.3) is 5.56 Å². The maximum absolute atomic E-state index is 12.2. The van der Waals surface area contributed by atoms with E-state index in [-0.39, 0.29) is 24.1 Å². The molecule has 1 saturated heterocycles. The first-order valence-corrected chi connectivity index (χ1v) is 8.28. The Bertz CT molecular complexity index is 935. The number of aliphatic hydroxyl groups excluding tert-OH is 2. The molecule has 11 nitrogen and oxygen atoms in total. The van der Waals surface area contributed by atoms with Crippen LogP contribution >= 0.6 is 0 Å². The SMILES string of the molecule is O=c1[nH]c(NCCc2c[nH]cn2)nc2c1ncn2[C@H]1C[C@H](O)[C@@H](CO)O1. The fourth-order valence-corrected chi connectivity index (χ4v) is 3.01. The number of imidazole rings is 2. The van der Waals surface area contributed by atoms with Crippen LogP contribution in [0.25, 0.3) is 11.2 Å². The lowest BCUT2D eigenvalue weighted by Crippen LogP contribution is -2.24. The number of aromatic amines is 2. The van der Waals surface area contributed by atoms with Gasteiger partial charge >= 0.3 is 0 Å². The molecule has 3 aromatic heterocycles. The van der Waals surface area contributed by atoms with Gasteiger partial charge in [-0.25, -0.2) is 9.97 Å². The quantitative estimate of drug-likeness (QED) is 0.380. The van der Waals surface area contributed by atoms with Crippen LogP contribution < -0.4 is 10.9 Å². The highest BCUT2D eigenvalue weighted by molar-refractivity contribution is 5.70. The molecule has 0 saturated carbocycles. The minimum atomic E-state index is -0.782. The fraction of sp³-hybridized carbons (Fsp3) is 0.467. The minimum absolute atomic E-state index is 0.188. The van der Waals surface area contributed by atoms with Gasteiger partial charge in [0, 0.05) is 25.6 Å². The summed E-state index contributed by atoms with van der Waals surface area (Å²) in [5, 5.41) is 22.2. The highest BCUT2D eigenvalue weighted by Crippen LogP contribution is 2.30. The van der Waals surface area contributed by atoms with Gasteiger partial charge in [-0.3, -0.25) is 14.3 Å². The van der Waals surface area contributed by atoms with Gasteiger partial charge in [-0.1, -0.05) is 0 Å². The molecule has 5 N–H and O–H groups in total. The molecule has 26 heavy (non-hydrogen) atoms. The largest absolute Gasteiger partial charge is 0.394 e. The molecule has 1 aliphatic rings. The molecule has 0 bridgehead atoms. The molecule has 3 atom stereocenters. The smallest absolute Gasteiger partial charge is 0.280 e. The molecule has 1 fully saturated rings. The first-order valence-electron chi connectivity index (χ1n) is 8.28. The lowest BCUT2D eigenvalue weighted by atomic mass is 10.2. The van der Waals surface area contributed by atoms with E-state index >= 15 is 0 Å². The summed E-state index contributed by atoms with van der Waals surface area (Å²) < 4.78 is 7.22. The predicted octanol–water partition coefficient (Wildman–Crippen LogP) is -0.862. The van der Waals surface area contributed by atoms with E-state index in [9.17, 15) is 15.0 Å². The Balaban J connectivity index is 1.56. The molecule has 0 spiro atoms. The summed E-state index contributed by atoms with van der Waals surface area (Å²) >= 11 is 0. The van der Waals surface area contributed by atoms with E-state index in [2.05, 4.69) is 30.2 Å². The zero-order valence-electron chi connectivity index (χ0n) is 13.8. The first kappa shape index (κ1) is 16.7. The highest BCUT2D eigenvalue weighted by atomic mass is 16.5. The lowest BCUT2D eigenvalue weighted by molar-refractivity contribution is -0.0432. The standard InChI is InChI=1S/C15H19N7O4/c23-5-10-9(24)3-11(26-10)22-7-19-12-13(22)20-15(21-14(12)25)17-2-1-8-4-16-6-18-8/h4,6-7,9-11,23-24H,1-3,5H2,(H,16,18)(H2,17,20,21,25)/t9-,10+,11+/m0/s1. The average molecular weight is 361 g/mol. The summed E-state index contributed by atoms with van der Waals surface area (Å²) in [5.74, 6) is 0.317. The van der Waals surface area contributed by atoms with Crippen LogP contribution in [0.2, 0.25) is 0 Å². The second-order valence-electron chi connectivity index (χ2n) is 6.09. The Kier molecular flexibility index (Phi) is 4.41. The molecule has 0 aromatic carbocycles. The number of H-pyrrole nitrogens is 2. The van der Waals surface area contributed by atoms with Crippen LogP contribution in [0.1, 0.15) is 18.3 Å². The Morgan fingerprint density at radius 3 is 3.04 bits per heavy atom. The molecule has 1 aliphatic heterocycles. The van der Waals surface area contributed by atoms with Gasteiger partial charge in [-0.05, 0) is 0 Å². The Labute approximate surface area is 147 Å². The summed E-state index contributed by atoms with van der Waals surface area (Å²) in [6.07, 6.45) is 3.83. The van der Waals surface area contributed by atoms with E-state index in [0.717, 1.165) is 5.69 Å². The van der Waals surface area contributed by atoms with E-state index in [4.69, 9.17) is 4.74 Å².